The summed E-state index contributed by atoms with van der Waals surface area (Å²) >= 11 is 0. The van der Waals surface area contributed by atoms with E-state index in [1.807, 2.05) is 0 Å². The van der Waals surface area contributed by atoms with Crippen molar-refractivity contribution in [2.75, 3.05) is 26.2 Å². The lowest BCUT2D eigenvalue weighted by Gasteiger charge is -2.41. The highest BCUT2D eigenvalue weighted by molar-refractivity contribution is 5.85. The third kappa shape index (κ3) is 4.98. The Hall–Kier alpha value is -0.570. The maximum Gasteiger partial charge on any atom is 0.524 e. The second kappa shape index (κ2) is 7.13. The molecule has 0 bridgehead atoms. The molecule has 1 aliphatic carbocycles. The Morgan fingerprint density at radius 3 is 2.48 bits per heavy atom. The average Bonchev–Trinajstić information content (AvgIpc) is 2.79. The van der Waals surface area contributed by atoms with Gasteiger partial charge < -0.3 is 15.4 Å². The van der Waals surface area contributed by atoms with E-state index in [0.29, 0.717) is 26.1 Å². The molecule has 0 aromatic rings. The van der Waals surface area contributed by atoms with E-state index in [4.69, 9.17) is 10.5 Å². The summed E-state index contributed by atoms with van der Waals surface area (Å²) in [6.45, 7) is 1.25. The summed E-state index contributed by atoms with van der Waals surface area (Å²) in [6.07, 6.45) is -3.01. The number of halogens is 4. The first-order valence-electron chi connectivity index (χ1n) is 6.72. The van der Waals surface area contributed by atoms with Gasteiger partial charge in [0.15, 0.2) is 5.79 Å². The summed E-state index contributed by atoms with van der Waals surface area (Å²) in [6, 6.07) is 0. The van der Waals surface area contributed by atoms with E-state index in [9.17, 15) is 18.0 Å². The van der Waals surface area contributed by atoms with Crippen molar-refractivity contribution in [1.29, 1.82) is 0 Å². The Morgan fingerprint density at radius 2 is 2.05 bits per heavy atom. The molecule has 0 aromatic heterocycles. The van der Waals surface area contributed by atoms with Gasteiger partial charge in [-0.1, -0.05) is 0 Å². The van der Waals surface area contributed by atoms with Gasteiger partial charge in [-0.25, -0.2) is 0 Å². The Bertz CT molecular complexity index is 364. The molecule has 1 saturated carbocycles. The summed E-state index contributed by atoms with van der Waals surface area (Å²) in [5.41, 5.74) is 5.53. The molecule has 0 aromatic carbocycles. The smallest absolute Gasteiger partial charge is 0.340 e. The molecule has 1 saturated heterocycles. The molecule has 124 valence electrons. The van der Waals surface area contributed by atoms with Crippen LogP contribution < -0.4 is 5.73 Å². The van der Waals surface area contributed by atoms with Crippen molar-refractivity contribution >= 4 is 18.3 Å². The van der Waals surface area contributed by atoms with Gasteiger partial charge in [-0.2, -0.15) is 0 Å². The second-order valence-corrected chi connectivity index (χ2v) is 5.33. The lowest BCUT2D eigenvalue weighted by Crippen LogP contribution is -2.48. The number of carbonyl (C=O) groups excluding carboxylic acids is 1. The van der Waals surface area contributed by atoms with Crippen LogP contribution in [0.4, 0.5) is 13.2 Å². The van der Waals surface area contributed by atoms with Crippen LogP contribution in [0.3, 0.4) is 0 Å². The summed E-state index contributed by atoms with van der Waals surface area (Å²) in [5, 5.41) is 0. The number of nitrogens with two attached hydrogens (primary N) is 1. The number of likely N-dealkylation sites (tertiary alicyclic amines) is 1. The molecule has 0 radical (unpaired) electrons. The zero-order valence-corrected chi connectivity index (χ0v) is 12.3. The molecule has 2 rings (SSSR count). The number of hydrogen-bond donors (Lipinski definition) is 1. The monoisotopic (exact) mass is 332 g/mol. The van der Waals surface area contributed by atoms with Gasteiger partial charge in [0.1, 0.15) is 6.61 Å². The number of ether oxygens (including phenoxy) is 2. The van der Waals surface area contributed by atoms with E-state index in [0.717, 1.165) is 6.42 Å². The van der Waals surface area contributed by atoms with Crippen LogP contribution in [0.25, 0.3) is 0 Å². The van der Waals surface area contributed by atoms with E-state index in [1.54, 1.807) is 4.90 Å². The molecule has 5 nitrogen and oxygen atoms in total. The second-order valence-electron chi connectivity index (χ2n) is 5.33. The minimum Gasteiger partial charge on any atom is -0.340 e. The fourth-order valence-corrected chi connectivity index (χ4v) is 2.49. The first-order valence-corrected chi connectivity index (χ1v) is 6.72. The standard InChI is InChI=1S/C12H19F3N2O3.ClH/c13-12(14,15)20-11(3-1-4-11)19-8-10(18)17-5-2-9(6-16)7-17;/h9H,1-8,16H2;1H. The van der Waals surface area contributed by atoms with Crippen LogP contribution in [-0.2, 0) is 14.3 Å². The van der Waals surface area contributed by atoms with Gasteiger partial charge in [0.2, 0.25) is 5.91 Å². The average molecular weight is 333 g/mol. The summed E-state index contributed by atoms with van der Waals surface area (Å²) in [7, 11) is 0. The van der Waals surface area contributed by atoms with Crippen molar-refractivity contribution in [3.05, 3.63) is 0 Å². The SMILES string of the molecule is Cl.NCC1CCN(C(=O)COC2(OC(F)(F)F)CCC2)C1. The summed E-state index contributed by atoms with van der Waals surface area (Å²) in [4.78, 5) is 13.5. The van der Waals surface area contributed by atoms with Crippen LogP contribution in [0.2, 0.25) is 0 Å². The van der Waals surface area contributed by atoms with E-state index < -0.39 is 12.1 Å². The van der Waals surface area contributed by atoms with Crippen molar-refractivity contribution < 1.29 is 27.4 Å². The molecular formula is C12H20ClF3N2O3. The first kappa shape index (κ1) is 18.5. The quantitative estimate of drug-likeness (QED) is 0.778. The fourth-order valence-electron chi connectivity index (χ4n) is 2.49. The van der Waals surface area contributed by atoms with Gasteiger partial charge in [0, 0.05) is 25.9 Å². The van der Waals surface area contributed by atoms with Gasteiger partial charge in [0.25, 0.3) is 0 Å². The largest absolute Gasteiger partial charge is 0.524 e. The van der Waals surface area contributed by atoms with E-state index >= 15 is 0 Å². The molecule has 0 spiro atoms. The van der Waals surface area contributed by atoms with Crippen LogP contribution in [0.5, 0.6) is 0 Å². The number of nitrogens with zero attached hydrogens (tertiary/aromatic N) is 1. The minimum atomic E-state index is -4.75. The lowest BCUT2D eigenvalue weighted by molar-refractivity contribution is -0.432. The number of carbonyl (C=O) groups is 1. The third-order valence-corrected chi connectivity index (χ3v) is 3.85. The van der Waals surface area contributed by atoms with Crippen molar-refractivity contribution in [1.82, 2.24) is 4.90 Å². The Kier molecular flexibility index (Phi) is 6.27. The number of hydrogen-bond acceptors (Lipinski definition) is 4. The van der Waals surface area contributed by atoms with Crippen LogP contribution in [0.15, 0.2) is 0 Å². The number of alkyl halides is 3. The zero-order valence-electron chi connectivity index (χ0n) is 11.5. The molecular weight excluding hydrogens is 313 g/mol. The molecule has 2 aliphatic rings. The highest BCUT2D eigenvalue weighted by atomic mass is 35.5. The number of amides is 1. The normalized spacial score (nSPS) is 24.4. The fraction of sp³-hybridized carbons (Fsp3) is 0.917. The molecule has 9 heteroatoms. The van der Waals surface area contributed by atoms with Crippen molar-refractivity contribution in [2.24, 2.45) is 11.7 Å². The topological polar surface area (TPSA) is 64.8 Å². The van der Waals surface area contributed by atoms with Gasteiger partial charge in [-0.3, -0.25) is 9.53 Å². The molecule has 2 fully saturated rings. The van der Waals surface area contributed by atoms with E-state index in [1.165, 1.54) is 0 Å². The van der Waals surface area contributed by atoms with Crippen molar-refractivity contribution in [3.63, 3.8) is 0 Å². The van der Waals surface area contributed by atoms with Gasteiger partial charge in [-0.15, -0.1) is 25.6 Å². The molecule has 1 amide bonds. The van der Waals surface area contributed by atoms with Crippen LogP contribution in [-0.4, -0.2) is 49.2 Å². The van der Waals surface area contributed by atoms with Crippen molar-refractivity contribution in [3.8, 4) is 0 Å². The van der Waals surface area contributed by atoms with Gasteiger partial charge >= 0.3 is 6.36 Å². The molecule has 1 heterocycles. The molecule has 21 heavy (non-hydrogen) atoms. The minimum absolute atomic E-state index is 0. The molecule has 1 aliphatic heterocycles. The Balaban J connectivity index is 0.00000220. The molecule has 1 unspecified atom stereocenters. The first-order chi connectivity index (χ1) is 9.34. The van der Waals surface area contributed by atoms with Crippen LogP contribution in [0.1, 0.15) is 25.7 Å². The maximum atomic E-state index is 12.3. The summed E-state index contributed by atoms with van der Waals surface area (Å²) in [5.74, 6) is -1.71. The number of rotatable bonds is 5. The van der Waals surface area contributed by atoms with E-state index in [2.05, 4.69) is 4.74 Å². The van der Waals surface area contributed by atoms with E-state index in [-0.39, 0.29) is 43.7 Å². The van der Waals surface area contributed by atoms with Crippen molar-refractivity contribution in [2.45, 2.75) is 37.8 Å². The van der Waals surface area contributed by atoms with Crippen LogP contribution in [0, 0.1) is 5.92 Å². The Labute approximate surface area is 127 Å². The lowest BCUT2D eigenvalue weighted by atomic mass is 9.91. The van der Waals surface area contributed by atoms with Crippen LogP contribution >= 0.6 is 12.4 Å². The van der Waals surface area contributed by atoms with Gasteiger partial charge in [-0.05, 0) is 25.3 Å². The molecule has 1 atom stereocenters. The highest BCUT2D eigenvalue weighted by Gasteiger charge is 2.49. The molecule has 2 N–H and O–H groups in total. The maximum absolute atomic E-state index is 12.3. The third-order valence-electron chi connectivity index (χ3n) is 3.85. The Morgan fingerprint density at radius 1 is 1.38 bits per heavy atom. The summed E-state index contributed by atoms with van der Waals surface area (Å²) < 4.78 is 46.0. The highest BCUT2D eigenvalue weighted by Crippen LogP contribution is 2.41. The predicted molar refractivity (Wildman–Crippen MR) is 70.7 cm³/mol. The predicted octanol–water partition coefficient (Wildman–Crippen LogP) is 1.65. The van der Waals surface area contributed by atoms with Gasteiger partial charge in [0.05, 0.1) is 0 Å². The zero-order chi connectivity index (χ0) is 14.8.